The van der Waals surface area contributed by atoms with Gasteiger partial charge >= 0.3 is 11.8 Å². The van der Waals surface area contributed by atoms with Gasteiger partial charge in [-0.15, -0.1) is 0 Å². The quantitative estimate of drug-likeness (QED) is 0.614. The summed E-state index contributed by atoms with van der Waals surface area (Å²) < 4.78 is 0. The summed E-state index contributed by atoms with van der Waals surface area (Å²) in [5.41, 5.74) is 1.38. The number of anilines is 2. The van der Waals surface area contributed by atoms with Gasteiger partial charge in [0.1, 0.15) is 17.8 Å². The highest BCUT2D eigenvalue weighted by atomic mass is 16.2. The Balaban J connectivity index is 1.40. The van der Waals surface area contributed by atoms with Gasteiger partial charge in [-0.05, 0) is 31.0 Å². The minimum absolute atomic E-state index is 0.114. The third-order valence-corrected chi connectivity index (χ3v) is 4.63. The maximum absolute atomic E-state index is 12.3. The number of hydrogen-bond acceptors (Lipinski definition) is 5. The van der Waals surface area contributed by atoms with Crippen LogP contribution in [0.5, 0.6) is 0 Å². The molecule has 0 spiro atoms. The highest BCUT2D eigenvalue weighted by molar-refractivity contribution is 6.39. The van der Waals surface area contributed by atoms with Crippen molar-refractivity contribution in [2.24, 2.45) is 0 Å². The standard InChI is InChI=1S/C19H20N6O2/c26-18(23-13-5-2-1-3-6-13)19(27)24-14-7-4-10-25(11-14)17-15-8-9-20-16(15)21-12-22-17/h1-3,5-6,8-9,12,14H,4,7,10-11H2,(H,23,26)(H,24,27)(H,20,21,22)/t14-/m1/s1. The zero-order valence-electron chi connectivity index (χ0n) is 14.7. The fraction of sp³-hybridized carbons (Fsp3) is 0.263. The molecule has 1 aliphatic heterocycles. The number of H-pyrrole nitrogens is 1. The Labute approximate surface area is 156 Å². The summed E-state index contributed by atoms with van der Waals surface area (Å²) in [7, 11) is 0. The number of nitrogens with one attached hydrogen (secondary N) is 3. The third kappa shape index (κ3) is 3.74. The molecule has 1 fully saturated rings. The molecule has 1 atom stereocenters. The van der Waals surface area contributed by atoms with Gasteiger partial charge in [0.05, 0.1) is 5.39 Å². The van der Waals surface area contributed by atoms with E-state index >= 15 is 0 Å². The van der Waals surface area contributed by atoms with Crippen molar-refractivity contribution in [3.05, 3.63) is 48.9 Å². The zero-order chi connectivity index (χ0) is 18.6. The molecule has 0 unspecified atom stereocenters. The van der Waals surface area contributed by atoms with Crippen LogP contribution in [0, 0.1) is 0 Å². The fourth-order valence-electron chi connectivity index (χ4n) is 3.36. The Hall–Kier alpha value is -3.42. The minimum Gasteiger partial charge on any atom is -0.354 e. The first kappa shape index (κ1) is 17.0. The molecule has 0 radical (unpaired) electrons. The summed E-state index contributed by atoms with van der Waals surface area (Å²) in [5.74, 6) is -0.442. The monoisotopic (exact) mass is 364 g/mol. The number of hydrogen-bond donors (Lipinski definition) is 3. The Morgan fingerprint density at radius 1 is 1.11 bits per heavy atom. The number of piperidine rings is 1. The molecule has 27 heavy (non-hydrogen) atoms. The topological polar surface area (TPSA) is 103 Å². The van der Waals surface area contributed by atoms with Crippen molar-refractivity contribution >= 4 is 34.4 Å². The van der Waals surface area contributed by atoms with Gasteiger partial charge < -0.3 is 20.5 Å². The van der Waals surface area contributed by atoms with Crippen LogP contribution in [0.2, 0.25) is 0 Å². The van der Waals surface area contributed by atoms with Crippen LogP contribution in [0.25, 0.3) is 11.0 Å². The number of rotatable bonds is 3. The van der Waals surface area contributed by atoms with Gasteiger partial charge in [0, 0.05) is 31.0 Å². The summed E-state index contributed by atoms with van der Waals surface area (Å²) in [6.07, 6.45) is 5.09. The summed E-state index contributed by atoms with van der Waals surface area (Å²) in [6, 6.07) is 10.8. The maximum atomic E-state index is 12.3. The van der Waals surface area contributed by atoms with Crippen LogP contribution in [0.4, 0.5) is 11.5 Å². The van der Waals surface area contributed by atoms with Crippen molar-refractivity contribution in [2.45, 2.75) is 18.9 Å². The number of benzene rings is 1. The van der Waals surface area contributed by atoms with Crippen LogP contribution >= 0.6 is 0 Å². The lowest BCUT2D eigenvalue weighted by molar-refractivity contribution is -0.136. The van der Waals surface area contributed by atoms with E-state index in [1.165, 1.54) is 6.33 Å². The molecule has 2 amide bonds. The van der Waals surface area contributed by atoms with E-state index in [1.54, 1.807) is 24.3 Å². The van der Waals surface area contributed by atoms with Gasteiger partial charge in [-0.2, -0.15) is 0 Å². The Morgan fingerprint density at radius 2 is 1.96 bits per heavy atom. The van der Waals surface area contributed by atoms with E-state index in [0.717, 1.165) is 36.2 Å². The lowest BCUT2D eigenvalue weighted by atomic mass is 10.1. The van der Waals surface area contributed by atoms with E-state index in [4.69, 9.17) is 0 Å². The molecule has 3 aromatic rings. The lowest BCUT2D eigenvalue weighted by Gasteiger charge is -2.34. The molecular weight excluding hydrogens is 344 g/mol. The highest BCUT2D eigenvalue weighted by Gasteiger charge is 2.26. The van der Waals surface area contributed by atoms with Crippen LogP contribution in [-0.4, -0.2) is 45.9 Å². The van der Waals surface area contributed by atoms with Gasteiger partial charge in [0.25, 0.3) is 0 Å². The number of aromatic amines is 1. The number of carbonyl (C=O) groups excluding carboxylic acids is 2. The number of aromatic nitrogens is 3. The first-order valence-electron chi connectivity index (χ1n) is 8.90. The first-order valence-corrected chi connectivity index (χ1v) is 8.90. The van der Waals surface area contributed by atoms with Gasteiger partial charge in [0.2, 0.25) is 0 Å². The molecule has 0 saturated carbocycles. The maximum Gasteiger partial charge on any atom is 0.313 e. The van der Waals surface area contributed by atoms with Crippen LogP contribution in [-0.2, 0) is 9.59 Å². The number of para-hydroxylation sites is 1. The second kappa shape index (κ2) is 7.45. The summed E-state index contributed by atoms with van der Waals surface area (Å²) >= 11 is 0. The predicted molar refractivity (Wildman–Crippen MR) is 102 cm³/mol. The molecule has 4 rings (SSSR count). The van der Waals surface area contributed by atoms with Gasteiger partial charge in [-0.1, -0.05) is 18.2 Å². The summed E-state index contributed by atoms with van der Waals surface area (Å²) in [4.78, 5) is 38.2. The molecule has 2 aromatic heterocycles. The fourth-order valence-corrected chi connectivity index (χ4v) is 3.36. The van der Waals surface area contributed by atoms with Crippen molar-refractivity contribution in [3.8, 4) is 0 Å². The second-order valence-corrected chi connectivity index (χ2v) is 6.52. The van der Waals surface area contributed by atoms with Crippen LogP contribution in [0.3, 0.4) is 0 Å². The SMILES string of the molecule is O=C(Nc1ccccc1)C(=O)N[C@@H]1CCCN(c2ncnc3[nH]ccc23)C1. The molecule has 138 valence electrons. The molecule has 8 heteroatoms. The van der Waals surface area contributed by atoms with E-state index in [9.17, 15) is 9.59 Å². The van der Waals surface area contributed by atoms with Crippen molar-refractivity contribution in [2.75, 3.05) is 23.3 Å². The largest absolute Gasteiger partial charge is 0.354 e. The molecule has 1 aromatic carbocycles. The van der Waals surface area contributed by atoms with E-state index in [1.807, 2.05) is 18.3 Å². The van der Waals surface area contributed by atoms with Crippen molar-refractivity contribution in [3.63, 3.8) is 0 Å². The third-order valence-electron chi connectivity index (χ3n) is 4.63. The Morgan fingerprint density at radius 3 is 2.81 bits per heavy atom. The van der Waals surface area contributed by atoms with E-state index in [2.05, 4.69) is 30.5 Å². The predicted octanol–water partition coefficient (Wildman–Crippen LogP) is 1.68. The smallest absolute Gasteiger partial charge is 0.313 e. The Bertz CT molecular complexity index is 955. The molecule has 0 bridgehead atoms. The molecule has 0 aliphatic carbocycles. The average Bonchev–Trinajstić information content (AvgIpc) is 3.18. The van der Waals surface area contributed by atoms with Crippen molar-refractivity contribution in [1.82, 2.24) is 20.3 Å². The van der Waals surface area contributed by atoms with Gasteiger partial charge in [0.15, 0.2) is 0 Å². The highest BCUT2D eigenvalue weighted by Crippen LogP contribution is 2.25. The van der Waals surface area contributed by atoms with Crippen molar-refractivity contribution in [1.29, 1.82) is 0 Å². The summed E-state index contributed by atoms with van der Waals surface area (Å²) in [6.45, 7) is 1.45. The van der Waals surface area contributed by atoms with Crippen LogP contribution in [0.15, 0.2) is 48.9 Å². The zero-order valence-corrected chi connectivity index (χ0v) is 14.7. The number of nitrogens with zero attached hydrogens (tertiary/aromatic N) is 3. The first-order chi connectivity index (χ1) is 13.2. The molecule has 1 saturated heterocycles. The molecule has 8 nitrogen and oxygen atoms in total. The van der Waals surface area contributed by atoms with E-state index in [-0.39, 0.29) is 6.04 Å². The number of amides is 2. The van der Waals surface area contributed by atoms with E-state index < -0.39 is 11.8 Å². The normalized spacial score (nSPS) is 16.9. The van der Waals surface area contributed by atoms with Gasteiger partial charge in [-0.3, -0.25) is 9.59 Å². The van der Waals surface area contributed by atoms with Crippen LogP contribution in [0.1, 0.15) is 12.8 Å². The average molecular weight is 364 g/mol. The number of fused-ring (bicyclic) bond motifs is 1. The molecule has 1 aliphatic rings. The van der Waals surface area contributed by atoms with Crippen LogP contribution < -0.4 is 15.5 Å². The lowest BCUT2D eigenvalue weighted by Crippen LogP contribution is -2.50. The second-order valence-electron chi connectivity index (χ2n) is 6.52. The molecule has 3 heterocycles. The van der Waals surface area contributed by atoms with E-state index in [0.29, 0.717) is 12.2 Å². The number of carbonyl (C=O) groups is 2. The molecule has 3 N–H and O–H groups in total. The van der Waals surface area contributed by atoms with Gasteiger partial charge in [-0.25, -0.2) is 9.97 Å². The molecular formula is C19H20N6O2. The summed E-state index contributed by atoms with van der Waals surface area (Å²) in [5, 5.41) is 6.39. The minimum atomic E-state index is -0.659. The Kier molecular flexibility index (Phi) is 4.69. The van der Waals surface area contributed by atoms with Crippen molar-refractivity contribution < 1.29 is 9.59 Å².